The smallest absolute Gasteiger partial charge is 0.331 e. The lowest BCUT2D eigenvalue weighted by Crippen LogP contribution is -2.39. The van der Waals surface area contributed by atoms with Crippen LogP contribution >= 0.6 is 47.0 Å². The third-order valence-electron chi connectivity index (χ3n) is 4.37. The number of nitrogens with zero attached hydrogens (tertiary/aromatic N) is 1. The lowest BCUT2D eigenvalue weighted by Gasteiger charge is -2.19. The number of hydrogen-bond acceptors (Lipinski definition) is 10. The summed E-state index contributed by atoms with van der Waals surface area (Å²) in [5.74, 6) is 0. The van der Waals surface area contributed by atoms with Gasteiger partial charge in [0.05, 0.1) is 15.1 Å². The van der Waals surface area contributed by atoms with Crippen molar-refractivity contribution in [2.45, 2.75) is 48.3 Å². The van der Waals surface area contributed by atoms with Crippen LogP contribution in [0.2, 0.25) is 0 Å². The highest BCUT2D eigenvalue weighted by molar-refractivity contribution is 8.32. The average Bonchev–Trinajstić information content (AvgIpc) is 3.28. The SMILES string of the molecule is CC1=C(C)SC(=C2Sc3c(n([C@@H]4O[C@H](CO)[C@@H](O)[C@H]4O)c(=O)[nH]c3=O)S2)S1. The van der Waals surface area contributed by atoms with Crippen molar-refractivity contribution in [1.82, 2.24) is 9.55 Å². The first-order valence-corrected chi connectivity index (χ1v) is 11.2. The van der Waals surface area contributed by atoms with E-state index < -0.39 is 42.4 Å². The molecule has 0 spiro atoms. The molecule has 1 aromatic heterocycles. The van der Waals surface area contributed by atoms with Crippen LogP contribution in [0, 0.1) is 0 Å². The molecule has 0 bridgehead atoms. The van der Waals surface area contributed by atoms with Crippen molar-refractivity contribution < 1.29 is 20.1 Å². The van der Waals surface area contributed by atoms with Crippen molar-refractivity contribution in [1.29, 1.82) is 0 Å². The number of rotatable bonds is 2. The molecule has 0 saturated carbocycles. The van der Waals surface area contributed by atoms with E-state index in [1.165, 1.54) is 33.3 Å². The fourth-order valence-electron chi connectivity index (χ4n) is 2.83. The molecule has 1 fully saturated rings. The molecule has 0 unspecified atom stereocenters. The van der Waals surface area contributed by atoms with E-state index in [-0.39, 0.29) is 0 Å². The third-order valence-corrected chi connectivity index (χ3v) is 10.1. The number of thioether (sulfide) groups is 4. The number of ether oxygens (including phenoxy) is 1. The highest BCUT2D eigenvalue weighted by atomic mass is 32.2. The standard InChI is InChI=1S/C15H16N2O6S4/c1-4-5(2)25-13(24-4)14-26-9-10(21)16-15(22)17(12(9)27-14)11-8(20)7(19)6(3-18)23-11/h6-8,11,18-20H,3H2,1-2H3,(H,16,21,22)/t6-,7-,8-,11-/m1/s1. The summed E-state index contributed by atoms with van der Waals surface area (Å²) in [6.45, 7) is 3.56. The second-order valence-corrected chi connectivity index (χ2v) is 11.1. The molecule has 0 aliphatic carbocycles. The molecule has 146 valence electrons. The van der Waals surface area contributed by atoms with Crippen LogP contribution in [-0.2, 0) is 4.74 Å². The van der Waals surface area contributed by atoms with Crippen molar-refractivity contribution in [2.24, 2.45) is 0 Å². The van der Waals surface area contributed by atoms with Crippen LogP contribution in [0.1, 0.15) is 20.1 Å². The predicted octanol–water partition coefficient (Wildman–Crippen LogP) is 1.20. The van der Waals surface area contributed by atoms with Gasteiger partial charge in [-0.3, -0.25) is 14.3 Å². The minimum absolute atomic E-state index is 0.350. The maximum Gasteiger partial charge on any atom is 0.331 e. The first-order chi connectivity index (χ1) is 12.8. The van der Waals surface area contributed by atoms with Gasteiger partial charge in [-0.05, 0) is 23.7 Å². The summed E-state index contributed by atoms with van der Waals surface area (Å²) < 4.78 is 8.57. The summed E-state index contributed by atoms with van der Waals surface area (Å²) in [7, 11) is 0. The normalized spacial score (nSPS) is 30.6. The fourth-order valence-corrected chi connectivity index (χ4v) is 8.24. The van der Waals surface area contributed by atoms with Crippen molar-refractivity contribution in [2.75, 3.05) is 6.61 Å². The van der Waals surface area contributed by atoms with E-state index in [0.717, 1.165) is 13.0 Å². The molecule has 3 aliphatic rings. The van der Waals surface area contributed by atoms with Crippen molar-refractivity contribution in [3.63, 3.8) is 0 Å². The number of allylic oxidation sites excluding steroid dienone is 2. The molecule has 3 aliphatic heterocycles. The van der Waals surface area contributed by atoms with Gasteiger partial charge >= 0.3 is 5.69 Å². The fraction of sp³-hybridized carbons (Fsp3) is 0.467. The second kappa shape index (κ2) is 7.34. The van der Waals surface area contributed by atoms with Gasteiger partial charge in [-0.2, -0.15) is 0 Å². The Bertz CT molecular complexity index is 967. The van der Waals surface area contributed by atoms with Crippen LogP contribution in [0.3, 0.4) is 0 Å². The number of aromatic amines is 1. The zero-order valence-corrected chi connectivity index (χ0v) is 17.4. The minimum atomic E-state index is -1.40. The van der Waals surface area contributed by atoms with E-state index in [9.17, 15) is 24.9 Å². The largest absolute Gasteiger partial charge is 0.394 e. The van der Waals surface area contributed by atoms with Crippen LogP contribution in [0.15, 0.2) is 37.8 Å². The van der Waals surface area contributed by atoms with Crippen LogP contribution in [0.5, 0.6) is 0 Å². The Morgan fingerprint density at radius 3 is 2.26 bits per heavy atom. The molecule has 27 heavy (non-hydrogen) atoms. The topological polar surface area (TPSA) is 125 Å². The quantitative estimate of drug-likeness (QED) is 0.491. The average molecular weight is 449 g/mol. The lowest BCUT2D eigenvalue weighted by atomic mass is 10.1. The van der Waals surface area contributed by atoms with Crippen molar-refractivity contribution in [3.8, 4) is 0 Å². The van der Waals surface area contributed by atoms with Gasteiger partial charge in [0.15, 0.2) is 6.23 Å². The Labute approximate surface area is 170 Å². The summed E-state index contributed by atoms with van der Waals surface area (Å²) in [6, 6.07) is 0. The number of aliphatic hydroxyl groups excluding tert-OH is 3. The van der Waals surface area contributed by atoms with E-state index in [2.05, 4.69) is 4.98 Å². The Kier molecular flexibility index (Phi) is 5.35. The maximum atomic E-state index is 12.5. The number of aliphatic hydroxyl groups is 3. The van der Waals surface area contributed by atoms with Crippen LogP contribution < -0.4 is 11.2 Å². The first-order valence-electron chi connectivity index (χ1n) is 7.96. The number of fused-ring (bicyclic) bond motifs is 1. The highest BCUT2D eigenvalue weighted by Crippen LogP contribution is 2.59. The van der Waals surface area contributed by atoms with Crippen LogP contribution in [0.4, 0.5) is 0 Å². The van der Waals surface area contributed by atoms with Gasteiger partial charge < -0.3 is 20.1 Å². The molecule has 4 atom stereocenters. The molecule has 4 rings (SSSR count). The molecule has 8 nitrogen and oxygen atoms in total. The first kappa shape index (κ1) is 19.7. The monoisotopic (exact) mass is 448 g/mol. The summed E-state index contributed by atoms with van der Waals surface area (Å²) in [5.41, 5.74) is -1.23. The van der Waals surface area contributed by atoms with Gasteiger partial charge in [0, 0.05) is 0 Å². The molecular formula is C15H16N2O6S4. The van der Waals surface area contributed by atoms with E-state index in [4.69, 9.17) is 4.74 Å². The van der Waals surface area contributed by atoms with Crippen LogP contribution in [-0.4, -0.2) is 49.8 Å². The summed E-state index contributed by atoms with van der Waals surface area (Å²) in [6.07, 6.45) is -4.94. The molecule has 4 heterocycles. The second-order valence-electron chi connectivity index (χ2n) is 6.09. The Hall–Kier alpha value is -0.600. The summed E-state index contributed by atoms with van der Waals surface area (Å²) in [4.78, 5) is 29.8. The molecule has 12 heteroatoms. The molecular weight excluding hydrogens is 432 g/mol. The van der Waals surface area contributed by atoms with Gasteiger partial charge in [0.2, 0.25) is 0 Å². The van der Waals surface area contributed by atoms with E-state index in [0.29, 0.717) is 9.92 Å². The molecule has 1 saturated heterocycles. The minimum Gasteiger partial charge on any atom is -0.394 e. The van der Waals surface area contributed by atoms with Gasteiger partial charge in [-0.25, -0.2) is 4.79 Å². The zero-order valence-electron chi connectivity index (χ0n) is 14.2. The van der Waals surface area contributed by atoms with E-state index in [1.54, 1.807) is 23.5 Å². The highest BCUT2D eigenvalue weighted by Gasteiger charge is 2.45. The molecule has 0 amide bonds. The Morgan fingerprint density at radius 1 is 1.04 bits per heavy atom. The van der Waals surface area contributed by atoms with E-state index >= 15 is 0 Å². The number of aromatic nitrogens is 2. The van der Waals surface area contributed by atoms with Gasteiger partial charge in [0.1, 0.15) is 28.2 Å². The predicted molar refractivity (Wildman–Crippen MR) is 107 cm³/mol. The maximum absolute atomic E-state index is 12.5. The number of H-pyrrole nitrogens is 1. The molecule has 0 radical (unpaired) electrons. The van der Waals surface area contributed by atoms with Gasteiger partial charge in [-0.15, -0.1) is 0 Å². The lowest BCUT2D eigenvalue weighted by molar-refractivity contribution is -0.0596. The van der Waals surface area contributed by atoms with Crippen molar-refractivity contribution >= 4 is 47.0 Å². The number of hydrogen-bond donors (Lipinski definition) is 4. The molecule has 0 aromatic carbocycles. The zero-order chi connectivity index (χ0) is 19.5. The molecule has 1 aromatic rings. The Morgan fingerprint density at radius 2 is 1.67 bits per heavy atom. The summed E-state index contributed by atoms with van der Waals surface area (Å²) in [5, 5.41) is 30.0. The number of nitrogens with one attached hydrogen (secondary N) is 1. The molecule has 4 N–H and O–H groups in total. The third kappa shape index (κ3) is 3.25. The van der Waals surface area contributed by atoms with Gasteiger partial charge in [0.25, 0.3) is 5.56 Å². The van der Waals surface area contributed by atoms with E-state index in [1.807, 2.05) is 13.8 Å². The van der Waals surface area contributed by atoms with Crippen molar-refractivity contribution in [3.05, 3.63) is 39.1 Å². The van der Waals surface area contributed by atoms with Gasteiger partial charge in [-0.1, -0.05) is 47.0 Å². The Balaban J connectivity index is 1.77. The van der Waals surface area contributed by atoms with Crippen LogP contribution in [0.25, 0.3) is 0 Å². The summed E-state index contributed by atoms with van der Waals surface area (Å²) >= 11 is 5.79.